The molecule has 0 spiro atoms. The van der Waals surface area contributed by atoms with Crippen molar-refractivity contribution in [2.75, 3.05) is 13.2 Å². The van der Waals surface area contributed by atoms with E-state index in [1.165, 1.54) is 18.4 Å². The second-order valence-electron chi connectivity index (χ2n) is 6.23. The van der Waals surface area contributed by atoms with Gasteiger partial charge in [0.15, 0.2) is 0 Å². The molecule has 0 saturated heterocycles. The molecule has 0 unspecified atom stereocenters. The van der Waals surface area contributed by atoms with E-state index in [1.807, 2.05) is 6.07 Å². The zero-order valence-corrected chi connectivity index (χ0v) is 15.9. The second kappa shape index (κ2) is 13.0. The molecule has 0 aliphatic carbocycles. The van der Waals surface area contributed by atoms with E-state index < -0.39 is 26.5 Å². The van der Waals surface area contributed by atoms with Gasteiger partial charge >= 0.3 is 13.8 Å². The summed E-state index contributed by atoms with van der Waals surface area (Å²) in [5, 5.41) is 9.39. The molecule has 148 valence electrons. The Morgan fingerprint density at radius 2 is 1.58 bits per heavy atom. The fraction of sp³-hybridized carbons (Fsp3) is 0.611. The maximum Gasteiger partial charge on any atom is 0.469 e. The van der Waals surface area contributed by atoms with Gasteiger partial charge in [0.1, 0.15) is 12.7 Å². The van der Waals surface area contributed by atoms with Gasteiger partial charge in [0.2, 0.25) is 0 Å². The fourth-order valence-corrected chi connectivity index (χ4v) is 2.81. The zero-order valence-electron chi connectivity index (χ0n) is 15.0. The predicted octanol–water partition coefficient (Wildman–Crippen LogP) is 2.97. The lowest BCUT2D eigenvalue weighted by molar-refractivity contribution is -0.147. The molecule has 0 amide bonds. The number of rotatable bonds is 14. The molecule has 0 saturated carbocycles. The van der Waals surface area contributed by atoms with E-state index in [1.54, 1.807) is 0 Å². The highest BCUT2D eigenvalue weighted by atomic mass is 31.2. The van der Waals surface area contributed by atoms with Crippen molar-refractivity contribution in [1.82, 2.24) is 0 Å². The Labute approximate surface area is 154 Å². The molecule has 7 nitrogen and oxygen atoms in total. The highest BCUT2D eigenvalue weighted by Crippen LogP contribution is 2.35. The number of benzene rings is 1. The molecule has 1 rings (SSSR count). The number of aliphatic hydroxyl groups excluding tert-OH is 1. The van der Waals surface area contributed by atoms with Crippen LogP contribution in [0.15, 0.2) is 30.3 Å². The molecular weight excluding hydrogens is 359 g/mol. The van der Waals surface area contributed by atoms with Gasteiger partial charge in [0, 0.05) is 6.42 Å². The number of aryl methyl sites for hydroxylation is 1. The van der Waals surface area contributed by atoms with Crippen LogP contribution < -0.4 is 0 Å². The van der Waals surface area contributed by atoms with Crippen molar-refractivity contribution in [3.05, 3.63) is 35.9 Å². The summed E-state index contributed by atoms with van der Waals surface area (Å²) in [4.78, 5) is 28.5. The third-order valence-electron chi connectivity index (χ3n) is 3.81. The summed E-state index contributed by atoms with van der Waals surface area (Å²) < 4.78 is 19.4. The van der Waals surface area contributed by atoms with Crippen LogP contribution in [0.4, 0.5) is 0 Å². The van der Waals surface area contributed by atoms with Crippen molar-refractivity contribution >= 4 is 13.8 Å². The third kappa shape index (κ3) is 13.0. The largest absolute Gasteiger partial charge is 0.469 e. The molecule has 1 aromatic carbocycles. The van der Waals surface area contributed by atoms with Gasteiger partial charge < -0.3 is 19.6 Å². The van der Waals surface area contributed by atoms with E-state index in [4.69, 9.17) is 14.5 Å². The molecule has 0 heterocycles. The number of phosphoric acid groups is 1. The SMILES string of the molecule is O=C(CCCCCCCCc1ccccc1)OC[C@@H](O)COP(=O)(O)O. The molecule has 1 aromatic rings. The van der Waals surface area contributed by atoms with Crippen LogP contribution in [0.25, 0.3) is 0 Å². The van der Waals surface area contributed by atoms with Crippen molar-refractivity contribution in [3.63, 3.8) is 0 Å². The Balaban J connectivity index is 1.92. The summed E-state index contributed by atoms with van der Waals surface area (Å²) in [5.74, 6) is -0.427. The van der Waals surface area contributed by atoms with Crippen LogP contribution >= 0.6 is 7.82 Å². The van der Waals surface area contributed by atoms with Crippen molar-refractivity contribution in [2.45, 2.75) is 57.5 Å². The molecule has 1 atom stereocenters. The quantitative estimate of drug-likeness (QED) is 0.255. The van der Waals surface area contributed by atoms with Crippen molar-refractivity contribution in [2.24, 2.45) is 0 Å². The van der Waals surface area contributed by atoms with Crippen molar-refractivity contribution < 1.29 is 33.5 Å². The summed E-state index contributed by atoms with van der Waals surface area (Å²) in [7, 11) is -4.62. The second-order valence-corrected chi connectivity index (χ2v) is 7.47. The van der Waals surface area contributed by atoms with Gasteiger partial charge in [-0.3, -0.25) is 9.32 Å². The van der Waals surface area contributed by atoms with Crippen LogP contribution in [-0.4, -0.2) is 40.2 Å². The molecule has 26 heavy (non-hydrogen) atoms. The monoisotopic (exact) mass is 388 g/mol. The number of carbonyl (C=O) groups is 1. The number of esters is 1. The standard InChI is InChI=1S/C18H29O7P/c19-17(15-25-26(21,22)23)14-24-18(20)13-9-4-2-1-3-6-10-16-11-7-5-8-12-16/h5,7-8,11-12,17,19H,1-4,6,9-10,13-15H2,(H2,21,22,23)/t17-/m1/s1. The minimum absolute atomic E-state index is 0.274. The van der Waals surface area contributed by atoms with Gasteiger partial charge in [-0.1, -0.05) is 56.0 Å². The van der Waals surface area contributed by atoms with E-state index in [0.29, 0.717) is 0 Å². The van der Waals surface area contributed by atoms with E-state index in [-0.39, 0.29) is 13.0 Å². The minimum Gasteiger partial charge on any atom is -0.463 e. The Morgan fingerprint density at radius 3 is 2.23 bits per heavy atom. The Hall–Kier alpha value is -1.24. The van der Waals surface area contributed by atoms with Gasteiger partial charge in [0.25, 0.3) is 0 Å². The summed E-state index contributed by atoms with van der Waals surface area (Å²) in [6.07, 6.45) is 6.34. The van der Waals surface area contributed by atoms with Crippen molar-refractivity contribution in [3.8, 4) is 0 Å². The van der Waals surface area contributed by atoms with Crippen LogP contribution in [0.2, 0.25) is 0 Å². The highest BCUT2D eigenvalue weighted by molar-refractivity contribution is 7.46. The normalized spacial score (nSPS) is 12.7. The van der Waals surface area contributed by atoms with Gasteiger partial charge in [-0.05, 0) is 24.8 Å². The molecule has 0 fully saturated rings. The van der Waals surface area contributed by atoms with Crippen LogP contribution in [0.1, 0.15) is 50.5 Å². The number of phosphoric ester groups is 1. The molecular formula is C18H29O7P. The topological polar surface area (TPSA) is 113 Å². The zero-order chi connectivity index (χ0) is 19.3. The van der Waals surface area contributed by atoms with Crippen LogP contribution in [0, 0.1) is 0 Å². The Morgan fingerprint density at radius 1 is 0.962 bits per heavy atom. The lowest BCUT2D eigenvalue weighted by Crippen LogP contribution is -2.23. The first-order valence-corrected chi connectivity index (χ1v) is 10.5. The van der Waals surface area contributed by atoms with Gasteiger partial charge in [0.05, 0.1) is 6.61 Å². The Kier molecular flexibility index (Phi) is 11.4. The fourth-order valence-electron chi connectivity index (χ4n) is 2.44. The first kappa shape index (κ1) is 22.8. The summed E-state index contributed by atoms with van der Waals surface area (Å²) in [6.45, 7) is -0.918. The minimum atomic E-state index is -4.62. The summed E-state index contributed by atoms with van der Waals surface area (Å²) in [6, 6.07) is 10.4. The molecule has 3 N–H and O–H groups in total. The van der Waals surface area contributed by atoms with Gasteiger partial charge in [-0.25, -0.2) is 4.57 Å². The van der Waals surface area contributed by atoms with E-state index in [9.17, 15) is 14.5 Å². The number of hydrogen-bond acceptors (Lipinski definition) is 5. The summed E-state index contributed by atoms with van der Waals surface area (Å²) >= 11 is 0. The first-order chi connectivity index (χ1) is 12.4. The van der Waals surface area contributed by atoms with Gasteiger partial charge in [-0.2, -0.15) is 0 Å². The molecule has 0 radical (unpaired) electrons. The smallest absolute Gasteiger partial charge is 0.463 e. The number of aliphatic hydroxyl groups is 1. The average Bonchev–Trinajstić information content (AvgIpc) is 2.60. The molecule has 0 bridgehead atoms. The van der Waals surface area contributed by atoms with Crippen LogP contribution in [-0.2, 0) is 25.0 Å². The van der Waals surface area contributed by atoms with Crippen LogP contribution in [0.5, 0.6) is 0 Å². The maximum atomic E-state index is 11.5. The first-order valence-electron chi connectivity index (χ1n) is 8.94. The maximum absolute atomic E-state index is 11.5. The van der Waals surface area contributed by atoms with E-state index >= 15 is 0 Å². The third-order valence-corrected chi connectivity index (χ3v) is 4.30. The Bertz CT molecular complexity index is 544. The average molecular weight is 388 g/mol. The van der Waals surface area contributed by atoms with E-state index in [0.717, 1.165) is 32.1 Å². The summed E-state index contributed by atoms with van der Waals surface area (Å²) in [5.41, 5.74) is 1.36. The molecule has 8 heteroatoms. The highest BCUT2D eigenvalue weighted by Gasteiger charge is 2.17. The lowest BCUT2D eigenvalue weighted by Gasteiger charge is -2.12. The number of hydrogen-bond donors (Lipinski definition) is 3. The molecule has 0 aliphatic rings. The van der Waals surface area contributed by atoms with Crippen molar-refractivity contribution in [1.29, 1.82) is 0 Å². The number of carbonyl (C=O) groups excluding carboxylic acids is 1. The van der Waals surface area contributed by atoms with E-state index in [2.05, 4.69) is 28.8 Å². The van der Waals surface area contributed by atoms with Crippen LogP contribution in [0.3, 0.4) is 0 Å². The molecule has 0 aromatic heterocycles. The van der Waals surface area contributed by atoms with Gasteiger partial charge in [-0.15, -0.1) is 0 Å². The predicted molar refractivity (Wildman–Crippen MR) is 97.4 cm³/mol. The number of ether oxygens (including phenoxy) is 1. The lowest BCUT2D eigenvalue weighted by atomic mass is 10.0. The molecule has 0 aliphatic heterocycles. The number of unbranched alkanes of at least 4 members (excludes halogenated alkanes) is 5.